The van der Waals surface area contributed by atoms with Crippen LogP contribution in [0.2, 0.25) is 0 Å². The molecule has 35 heavy (non-hydrogen) atoms. The van der Waals surface area contributed by atoms with Crippen LogP contribution in [0, 0.1) is 5.92 Å². The number of hydrogen-bond acceptors (Lipinski definition) is 4. The normalized spacial score (nSPS) is 17.3. The summed E-state index contributed by atoms with van der Waals surface area (Å²) in [4.78, 5) is 43.0. The minimum atomic E-state index is -0.732. The third-order valence-corrected chi connectivity index (χ3v) is 6.84. The second-order valence-corrected chi connectivity index (χ2v) is 9.59. The van der Waals surface area contributed by atoms with Crippen LogP contribution in [-0.4, -0.2) is 53.8 Å². The molecule has 2 aromatic rings. The fourth-order valence-corrected chi connectivity index (χ4v) is 4.54. The van der Waals surface area contributed by atoms with E-state index in [1.54, 1.807) is 11.8 Å². The van der Waals surface area contributed by atoms with E-state index in [4.69, 9.17) is 11.8 Å². The highest BCUT2D eigenvalue weighted by Crippen LogP contribution is 2.25. The summed E-state index contributed by atoms with van der Waals surface area (Å²) < 4.78 is 0. The molecule has 0 aromatic heterocycles. The van der Waals surface area contributed by atoms with Crippen molar-refractivity contribution in [3.63, 3.8) is 0 Å². The molecule has 2 unspecified atom stereocenters. The molecule has 188 valence electrons. The van der Waals surface area contributed by atoms with E-state index in [1.165, 1.54) is 0 Å². The number of benzene rings is 2. The predicted molar refractivity (Wildman–Crippen MR) is 138 cm³/mol. The van der Waals surface area contributed by atoms with Crippen molar-refractivity contribution in [1.82, 2.24) is 20.4 Å². The van der Waals surface area contributed by atoms with Crippen LogP contribution in [0.25, 0.3) is 0 Å². The van der Waals surface area contributed by atoms with Crippen molar-refractivity contribution in [2.75, 3.05) is 13.1 Å². The van der Waals surface area contributed by atoms with Crippen molar-refractivity contribution < 1.29 is 14.4 Å². The number of rotatable bonds is 10. The highest BCUT2D eigenvalue weighted by molar-refractivity contribution is 6.15. The molecule has 8 heteroatoms. The van der Waals surface area contributed by atoms with Gasteiger partial charge in [0.05, 0.1) is 6.04 Å². The number of hydrogen-bond donors (Lipinski definition) is 3. The number of nitrogens with zero attached hydrogens (tertiary/aromatic N) is 1. The lowest BCUT2D eigenvalue weighted by Gasteiger charge is -2.31. The summed E-state index contributed by atoms with van der Waals surface area (Å²) in [6.07, 6.45) is 1.33. The lowest BCUT2D eigenvalue weighted by Crippen LogP contribution is -2.57. The molecule has 3 N–H and O–H groups in total. The minimum Gasteiger partial charge on any atom is -0.353 e. The van der Waals surface area contributed by atoms with E-state index in [2.05, 4.69) is 39.7 Å². The number of carbonyl (C=O) groups excluding carboxylic acids is 3. The van der Waals surface area contributed by atoms with Gasteiger partial charge in [-0.15, -0.1) is 0 Å². The Balaban J connectivity index is 1.71. The molecule has 2 aromatic carbocycles. The van der Waals surface area contributed by atoms with Gasteiger partial charge < -0.3 is 15.5 Å². The largest absolute Gasteiger partial charge is 0.353 e. The maximum absolute atomic E-state index is 13.4. The topological polar surface area (TPSA) is 90.5 Å². The Labute approximate surface area is 212 Å². The Kier molecular flexibility index (Phi) is 9.69. The van der Waals surface area contributed by atoms with Crippen molar-refractivity contribution in [2.45, 2.75) is 57.7 Å². The first kappa shape index (κ1) is 26.7. The van der Waals surface area contributed by atoms with Gasteiger partial charge in [-0.2, -0.15) is 0 Å². The Morgan fingerprint density at radius 2 is 1.54 bits per heavy atom. The van der Waals surface area contributed by atoms with Gasteiger partial charge in [0.2, 0.25) is 17.7 Å². The maximum atomic E-state index is 13.4. The molecular formula is C27H35ClN4O3. The van der Waals surface area contributed by atoms with Crippen molar-refractivity contribution >= 4 is 29.5 Å². The average Bonchev–Trinajstić information content (AvgIpc) is 3.37. The summed E-state index contributed by atoms with van der Waals surface area (Å²) in [5, 5.41) is 5.88. The molecule has 0 spiro atoms. The second kappa shape index (κ2) is 12.7. The van der Waals surface area contributed by atoms with Crippen molar-refractivity contribution in [1.29, 1.82) is 0 Å². The van der Waals surface area contributed by atoms with Gasteiger partial charge in [-0.1, -0.05) is 74.5 Å². The molecule has 0 radical (unpaired) electrons. The second-order valence-electron chi connectivity index (χ2n) is 9.37. The molecule has 1 aliphatic rings. The smallest absolute Gasteiger partial charge is 0.246 e. The maximum Gasteiger partial charge on any atom is 0.246 e. The van der Waals surface area contributed by atoms with Crippen LogP contribution in [0.4, 0.5) is 0 Å². The molecule has 3 atom stereocenters. The molecular weight excluding hydrogens is 464 g/mol. The Hall–Kier alpha value is -2.90. The molecule has 7 nitrogen and oxygen atoms in total. The van der Waals surface area contributed by atoms with E-state index < -0.39 is 18.1 Å². The fourth-order valence-electron chi connectivity index (χ4n) is 4.44. The third kappa shape index (κ3) is 6.83. The standard InChI is InChI=1S/C27H35ClN4O3/c1-18(2)24(30-25(33)19(3)31-28)27(35)32-16-10-15-23(32)26(34)29-17-22(20-11-6-4-7-12-20)21-13-8-5-9-14-21/h4-9,11-14,18-19,22-24,31H,10,15-17H2,1-3H3,(H,29,34)(H,30,33)/t19?,23?,24-/m0/s1. The monoisotopic (exact) mass is 498 g/mol. The van der Waals surface area contributed by atoms with Crippen molar-refractivity contribution in [3.8, 4) is 0 Å². The predicted octanol–water partition coefficient (Wildman–Crippen LogP) is 3.20. The van der Waals surface area contributed by atoms with Gasteiger partial charge in [0, 0.05) is 19.0 Å². The zero-order valence-electron chi connectivity index (χ0n) is 20.5. The zero-order valence-corrected chi connectivity index (χ0v) is 21.3. The van der Waals surface area contributed by atoms with Crippen LogP contribution in [0.5, 0.6) is 0 Å². The number of likely N-dealkylation sites (tertiary alicyclic amines) is 1. The van der Waals surface area contributed by atoms with Crippen molar-refractivity contribution in [3.05, 3.63) is 71.8 Å². The van der Waals surface area contributed by atoms with Gasteiger partial charge in [-0.05, 0) is 48.6 Å². The van der Waals surface area contributed by atoms with Crippen LogP contribution in [0.1, 0.15) is 50.7 Å². The average molecular weight is 499 g/mol. The molecule has 1 fully saturated rings. The molecule has 3 amide bonds. The van der Waals surface area contributed by atoms with Gasteiger partial charge in [0.25, 0.3) is 0 Å². The number of carbonyl (C=O) groups is 3. The lowest BCUT2D eigenvalue weighted by molar-refractivity contribution is -0.142. The van der Waals surface area contributed by atoms with Crippen LogP contribution >= 0.6 is 11.8 Å². The summed E-state index contributed by atoms with van der Waals surface area (Å²) in [7, 11) is 0. The zero-order chi connectivity index (χ0) is 25.4. The van der Waals surface area contributed by atoms with E-state index in [9.17, 15) is 14.4 Å². The first-order valence-corrected chi connectivity index (χ1v) is 12.6. The molecule has 0 aliphatic carbocycles. The number of amides is 3. The van der Waals surface area contributed by atoms with Crippen molar-refractivity contribution in [2.24, 2.45) is 5.92 Å². The molecule has 1 heterocycles. The number of nitrogens with one attached hydrogen (secondary N) is 3. The molecule has 3 rings (SSSR count). The molecule has 0 bridgehead atoms. The van der Waals surface area contributed by atoms with E-state index >= 15 is 0 Å². The Morgan fingerprint density at radius 3 is 2.06 bits per heavy atom. The number of halogens is 1. The Bertz CT molecular complexity index is 947. The summed E-state index contributed by atoms with van der Waals surface area (Å²) in [6, 6.07) is 18.2. The van der Waals surface area contributed by atoms with Crippen LogP contribution in [0.15, 0.2) is 60.7 Å². The first-order chi connectivity index (χ1) is 16.8. The van der Waals surface area contributed by atoms with E-state index in [-0.39, 0.29) is 29.6 Å². The van der Waals surface area contributed by atoms with Gasteiger partial charge in [-0.25, -0.2) is 4.84 Å². The summed E-state index contributed by atoms with van der Waals surface area (Å²) in [5.74, 6) is -0.911. The van der Waals surface area contributed by atoms with Crippen LogP contribution in [0.3, 0.4) is 0 Å². The van der Waals surface area contributed by atoms with Gasteiger partial charge in [0.15, 0.2) is 0 Å². The summed E-state index contributed by atoms with van der Waals surface area (Å²) in [6.45, 7) is 6.27. The van der Waals surface area contributed by atoms with Crippen LogP contribution < -0.4 is 15.5 Å². The van der Waals surface area contributed by atoms with E-state index in [1.807, 2.05) is 50.2 Å². The minimum absolute atomic E-state index is 0.000791. The highest BCUT2D eigenvalue weighted by Gasteiger charge is 2.39. The summed E-state index contributed by atoms with van der Waals surface area (Å²) in [5.41, 5.74) is 2.23. The summed E-state index contributed by atoms with van der Waals surface area (Å²) >= 11 is 5.57. The highest BCUT2D eigenvalue weighted by atomic mass is 35.5. The van der Waals surface area contributed by atoms with E-state index in [0.29, 0.717) is 19.5 Å². The fraction of sp³-hybridized carbons (Fsp3) is 0.444. The van der Waals surface area contributed by atoms with Crippen LogP contribution in [-0.2, 0) is 14.4 Å². The lowest BCUT2D eigenvalue weighted by atomic mass is 9.91. The van der Waals surface area contributed by atoms with Gasteiger partial charge >= 0.3 is 0 Å². The van der Waals surface area contributed by atoms with E-state index in [0.717, 1.165) is 17.5 Å². The van der Waals surface area contributed by atoms with Gasteiger partial charge in [-0.3, -0.25) is 14.4 Å². The Morgan fingerprint density at radius 1 is 0.971 bits per heavy atom. The molecule has 1 aliphatic heterocycles. The first-order valence-electron chi connectivity index (χ1n) is 12.2. The molecule has 0 saturated carbocycles. The quantitative estimate of drug-likeness (QED) is 0.439. The molecule has 1 saturated heterocycles. The third-order valence-electron chi connectivity index (χ3n) is 6.51. The van der Waals surface area contributed by atoms with Gasteiger partial charge in [0.1, 0.15) is 12.1 Å². The SMILES string of the molecule is CC(NCl)C(=O)N[C@H](C(=O)N1CCCC1C(=O)NCC(c1ccccc1)c1ccccc1)C(C)C.